The van der Waals surface area contributed by atoms with Crippen LogP contribution in [0.4, 0.5) is 0 Å². The zero-order chi connectivity index (χ0) is 14.4. The highest BCUT2D eigenvalue weighted by molar-refractivity contribution is 9.10. The number of aryl methyl sites for hydroxylation is 1. The molecule has 2 heterocycles. The number of aromatic nitrogens is 2. The molecular formula is C12H15BrN4O3. The predicted octanol–water partition coefficient (Wildman–Crippen LogP) is 1.91. The number of halogens is 1. The fraction of sp³-hybridized carbons (Fsp3) is 0.417. The number of hydrogen-bond donors (Lipinski definition) is 1. The number of methoxy groups -OCH3 is 1. The smallest absolute Gasteiger partial charge is 0.172 e. The molecule has 0 bridgehead atoms. The van der Waals surface area contributed by atoms with Crippen LogP contribution >= 0.6 is 15.9 Å². The Morgan fingerprint density at radius 3 is 3.05 bits per heavy atom. The summed E-state index contributed by atoms with van der Waals surface area (Å²) in [7, 11) is 1.65. The maximum Gasteiger partial charge on any atom is 0.172 e. The van der Waals surface area contributed by atoms with Gasteiger partial charge in [0.25, 0.3) is 0 Å². The number of aliphatic imine (C=N–C) groups is 1. The lowest BCUT2D eigenvalue weighted by atomic mass is 10.2. The molecule has 0 saturated carbocycles. The average molecular weight is 343 g/mol. The summed E-state index contributed by atoms with van der Waals surface area (Å²) in [6.45, 7) is 0.978. The molecule has 2 aromatic rings. The molecule has 2 N–H and O–H groups in total. The quantitative estimate of drug-likeness (QED) is 0.468. The second kappa shape index (κ2) is 7.20. The highest BCUT2D eigenvalue weighted by Gasteiger charge is 2.13. The van der Waals surface area contributed by atoms with Crippen molar-refractivity contribution in [3.63, 3.8) is 0 Å². The molecule has 0 aliphatic rings. The lowest BCUT2D eigenvalue weighted by molar-refractivity contribution is 0.194. The molecule has 0 unspecified atom stereocenters. The van der Waals surface area contributed by atoms with Gasteiger partial charge < -0.3 is 14.9 Å². The molecule has 8 heteroatoms. The first kappa shape index (κ1) is 14.7. The SMILES string of the molecule is COCCCc1nonc1C(N)=NCc1cc(Br)co1. The first-order chi connectivity index (χ1) is 9.70. The first-order valence-electron chi connectivity index (χ1n) is 6.04. The van der Waals surface area contributed by atoms with Gasteiger partial charge in [0.15, 0.2) is 11.5 Å². The molecule has 0 aromatic carbocycles. The Kier molecular flexibility index (Phi) is 5.31. The van der Waals surface area contributed by atoms with E-state index in [4.69, 9.17) is 19.5 Å². The largest absolute Gasteiger partial charge is 0.466 e. The van der Waals surface area contributed by atoms with Crippen LogP contribution in [0.2, 0.25) is 0 Å². The highest BCUT2D eigenvalue weighted by atomic mass is 79.9. The minimum Gasteiger partial charge on any atom is -0.466 e. The van der Waals surface area contributed by atoms with Gasteiger partial charge in [-0.15, -0.1) is 0 Å². The van der Waals surface area contributed by atoms with E-state index < -0.39 is 0 Å². The molecule has 0 fully saturated rings. The van der Waals surface area contributed by atoms with Crippen molar-refractivity contribution in [2.45, 2.75) is 19.4 Å². The zero-order valence-electron chi connectivity index (χ0n) is 11.0. The standard InChI is InChI=1S/C12H15BrN4O3/c1-18-4-2-3-10-11(17-20-16-10)12(14)15-6-9-5-8(13)7-19-9/h5,7H,2-4,6H2,1H3,(H2,14,15). The van der Waals surface area contributed by atoms with E-state index in [9.17, 15) is 0 Å². The summed E-state index contributed by atoms with van der Waals surface area (Å²) in [5, 5.41) is 7.62. The highest BCUT2D eigenvalue weighted by Crippen LogP contribution is 2.15. The normalized spacial score (nSPS) is 12.0. The van der Waals surface area contributed by atoms with E-state index in [1.165, 1.54) is 0 Å². The van der Waals surface area contributed by atoms with Crippen molar-refractivity contribution < 1.29 is 13.8 Å². The summed E-state index contributed by atoms with van der Waals surface area (Å²) in [5.74, 6) is 0.989. The van der Waals surface area contributed by atoms with Crippen molar-refractivity contribution >= 4 is 21.8 Å². The van der Waals surface area contributed by atoms with Crippen molar-refractivity contribution in [3.8, 4) is 0 Å². The number of furan rings is 1. The van der Waals surface area contributed by atoms with Crippen LogP contribution in [0.15, 0.2) is 30.8 Å². The third-order valence-electron chi connectivity index (χ3n) is 2.59. The van der Waals surface area contributed by atoms with Crippen LogP contribution in [0.1, 0.15) is 23.6 Å². The predicted molar refractivity (Wildman–Crippen MR) is 75.3 cm³/mol. The van der Waals surface area contributed by atoms with Crippen LogP contribution in [-0.2, 0) is 17.7 Å². The Hall–Kier alpha value is -1.67. The lowest BCUT2D eigenvalue weighted by Crippen LogP contribution is -2.16. The van der Waals surface area contributed by atoms with Crippen molar-refractivity contribution in [1.29, 1.82) is 0 Å². The van der Waals surface area contributed by atoms with E-state index in [1.54, 1.807) is 13.4 Å². The van der Waals surface area contributed by atoms with Gasteiger partial charge in [-0.2, -0.15) is 0 Å². The van der Waals surface area contributed by atoms with Crippen LogP contribution in [0.25, 0.3) is 0 Å². The first-order valence-corrected chi connectivity index (χ1v) is 6.83. The van der Waals surface area contributed by atoms with Gasteiger partial charge in [0, 0.05) is 13.7 Å². The summed E-state index contributed by atoms with van der Waals surface area (Å²) in [6.07, 6.45) is 3.08. The van der Waals surface area contributed by atoms with Crippen molar-refractivity contribution in [3.05, 3.63) is 34.0 Å². The van der Waals surface area contributed by atoms with Crippen LogP contribution < -0.4 is 5.73 Å². The van der Waals surface area contributed by atoms with Gasteiger partial charge >= 0.3 is 0 Å². The summed E-state index contributed by atoms with van der Waals surface area (Å²) >= 11 is 3.30. The van der Waals surface area contributed by atoms with Gasteiger partial charge in [-0.25, -0.2) is 4.63 Å². The second-order valence-corrected chi connectivity index (χ2v) is 5.00. The third-order valence-corrected chi connectivity index (χ3v) is 3.00. The lowest BCUT2D eigenvalue weighted by Gasteiger charge is -1.99. The van der Waals surface area contributed by atoms with Crippen LogP contribution in [0.3, 0.4) is 0 Å². The fourth-order valence-corrected chi connectivity index (χ4v) is 1.97. The van der Waals surface area contributed by atoms with E-state index >= 15 is 0 Å². The van der Waals surface area contributed by atoms with Crippen molar-refractivity contribution in [2.75, 3.05) is 13.7 Å². The van der Waals surface area contributed by atoms with E-state index in [0.717, 1.165) is 10.9 Å². The molecule has 2 aromatic heterocycles. The van der Waals surface area contributed by atoms with E-state index in [0.29, 0.717) is 36.7 Å². The van der Waals surface area contributed by atoms with Gasteiger partial charge in [-0.3, -0.25) is 4.99 Å². The van der Waals surface area contributed by atoms with E-state index in [2.05, 4.69) is 31.2 Å². The molecule has 0 aliphatic carbocycles. The molecule has 7 nitrogen and oxygen atoms in total. The molecule has 108 valence electrons. The minimum atomic E-state index is 0.284. The third kappa shape index (κ3) is 3.91. The van der Waals surface area contributed by atoms with Crippen LogP contribution in [-0.4, -0.2) is 29.9 Å². The Labute approximate surface area is 124 Å². The van der Waals surface area contributed by atoms with Gasteiger partial charge in [-0.1, -0.05) is 5.16 Å². The zero-order valence-corrected chi connectivity index (χ0v) is 12.6. The molecule has 0 spiro atoms. The van der Waals surface area contributed by atoms with E-state index in [1.807, 2.05) is 6.07 Å². The molecule has 0 amide bonds. The number of nitrogens with zero attached hydrogens (tertiary/aromatic N) is 3. The molecule has 20 heavy (non-hydrogen) atoms. The summed E-state index contributed by atoms with van der Waals surface area (Å²) < 4.78 is 15.8. The Bertz CT molecular complexity index is 579. The maximum absolute atomic E-state index is 5.90. The van der Waals surface area contributed by atoms with Crippen LogP contribution in [0, 0.1) is 0 Å². The van der Waals surface area contributed by atoms with Gasteiger partial charge in [0.05, 0.1) is 11.0 Å². The number of ether oxygens (including phenoxy) is 1. The minimum absolute atomic E-state index is 0.284. The Morgan fingerprint density at radius 2 is 2.35 bits per heavy atom. The molecule has 0 radical (unpaired) electrons. The topological polar surface area (TPSA) is 99.7 Å². The Balaban J connectivity index is 2.01. The maximum atomic E-state index is 5.90. The molecule has 0 atom stereocenters. The second-order valence-electron chi connectivity index (χ2n) is 4.09. The number of nitrogens with two attached hydrogens (primary N) is 1. The van der Waals surface area contributed by atoms with Crippen LogP contribution in [0.5, 0.6) is 0 Å². The van der Waals surface area contributed by atoms with Gasteiger partial charge in [0.1, 0.15) is 17.7 Å². The summed E-state index contributed by atoms with van der Waals surface area (Å²) in [6, 6.07) is 1.83. The van der Waals surface area contributed by atoms with E-state index in [-0.39, 0.29) is 5.84 Å². The number of amidine groups is 1. The molecule has 2 rings (SSSR count). The van der Waals surface area contributed by atoms with Crippen molar-refractivity contribution in [2.24, 2.45) is 10.7 Å². The number of rotatable bonds is 7. The Morgan fingerprint density at radius 1 is 1.50 bits per heavy atom. The summed E-state index contributed by atoms with van der Waals surface area (Å²) in [5.41, 5.74) is 7.06. The van der Waals surface area contributed by atoms with Gasteiger partial charge in [-0.05, 0) is 40.0 Å². The molecule has 0 saturated heterocycles. The molecule has 0 aliphatic heterocycles. The van der Waals surface area contributed by atoms with Crippen molar-refractivity contribution in [1.82, 2.24) is 10.3 Å². The molecular weight excluding hydrogens is 328 g/mol. The monoisotopic (exact) mass is 342 g/mol. The number of hydrogen-bond acceptors (Lipinski definition) is 6. The fourth-order valence-electron chi connectivity index (χ4n) is 1.62. The van der Waals surface area contributed by atoms with Gasteiger partial charge in [0.2, 0.25) is 0 Å². The summed E-state index contributed by atoms with van der Waals surface area (Å²) in [4.78, 5) is 4.23. The average Bonchev–Trinajstić information content (AvgIpc) is 3.05.